The number of aromatic nitrogens is 1. The van der Waals surface area contributed by atoms with Crippen molar-refractivity contribution in [1.29, 1.82) is 0 Å². The van der Waals surface area contributed by atoms with Crippen LogP contribution >= 0.6 is 0 Å². The summed E-state index contributed by atoms with van der Waals surface area (Å²) in [4.78, 5) is 6.12. The van der Waals surface area contributed by atoms with E-state index in [1.54, 1.807) is 6.07 Å². The molecule has 0 spiro atoms. The van der Waals surface area contributed by atoms with E-state index in [1.807, 2.05) is 30.2 Å². The Morgan fingerprint density at radius 1 is 1.67 bits per heavy atom. The first-order valence-electron chi connectivity index (χ1n) is 3.78. The number of pyridine rings is 1. The maximum atomic E-state index is 5.53. The number of likely N-dealkylation sites (N-methyl/N-ethyl adjacent to an activating group) is 1. The Morgan fingerprint density at radius 2 is 2.42 bits per heavy atom. The predicted molar refractivity (Wildman–Crippen MR) is 52.1 cm³/mol. The molecule has 0 unspecified atom stereocenters. The zero-order chi connectivity index (χ0) is 8.97. The summed E-state index contributed by atoms with van der Waals surface area (Å²) in [6.45, 7) is 4.42. The maximum absolute atomic E-state index is 5.53. The van der Waals surface area contributed by atoms with Crippen molar-refractivity contribution in [1.82, 2.24) is 4.98 Å². The number of nitrogen functional groups attached to an aromatic ring is 1. The number of nitrogens with two attached hydrogens (primary N) is 1. The summed E-state index contributed by atoms with van der Waals surface area (Å²) >= 11 is 0. The van der Waals surface area contributed by atoms with Crippen LogP contribution < -0.4 is 10.6 Å². The number of hydrogen-bond donors (Lipinski definition) is 1. The highest BCUT2D eigenvalue weighted by Crippen LogP contribution is 2.09. The van der Waals surface area contributed by atoms with Gasteiger partial charge in [-0.15, -0.1) is 6.58 Å². The first-order chi connectivity index (χ1) is 5.74. The Kier molecular flexibility index (Phi) is 2.69. The summed E-state index contributed by atoms with van der Waals surface area (Å²) in [5.41, 5.74) is 5.53. The van der Waals surface area contributed by atoms with Crippen LogP contribution in [0, 0.1) is 0 Å². The van der Waals surface area contributed by atoms with Gasteiger partial charge < -0.3 is 10.6 Å². The van der Waals surface area contributed by atoms with Gasteiger partial charge in [0.05, 0.1) is 0 Å². The van der Waals surface area contributed by atoms with Gasteiger partial charge in [-0.1, -0.05) is 12.1 Å². The smallest absolute Gasteiger partial charge is 0.130 e. The van der Waals surface area contributed by atoms with Gasteiger partial charge in [-0.05, 0) is 12.1 Å². The van der Waals surface area contributed by atoms with Gasteiger partial charge in [0.25, 0.3) is 0 Å². The molecule has 0 atom stereocenters. The average molecular weight is 163 g/mol. The number of nitrogens with zero attached hydrogens (tertiary/aromatic N) is 2. The van der Waals surface area contributed by atoms with E-state index in [1.165, 1.54) is 0 Å². The van der Waals surface area contributed by atoms with Crippen molar-refractivity contribution in [2.45, 2.75) is 0 Å². The first-order valence-corrected chi connectivity index (χ1v) is 3.78. The lowest BCUT2D eigenvalue weighted by atomic mass is 10.4. The summed E-state index contributed by atoms with van der Waals surface area (Å²) < 4.78 is 0. The largest absolute Gasteiger partial charge is 0.384 e. The molecule has 12 heavy (non-hydrogen) atoms. The topological polar surface area (TPSA) is 42.1 Å². The van der Waals surface area contributed by atoms with Crippen LogP contribution in [-0.2, 0) is 0 Å². The normalized spacial score (nSPS) is 9.42. The van der Waals surface area contributed by atoms with E-state index < -0.39 is 0 Å². The van der Waals surface area contributed by atoms with Crippen molar-refractivity contribution < 1.29 is 0 Å². The highest BCUT2D eigenvalue weighted by molar-refractivity contribution is 5.44. The number of rotatable bonds is 3. The molecule has 0 saturated carbocycles. The Hall–Kier alpha value is -1.51. The molecule has 3 nitrogen and oxygen atoms in total. The van der Waals surface area contributed by atoms with Crippen molar-refractivity contribution in [3.05, 3.63) is 30.9 Å². The fraction of sp³-hybridized carbons (Fsp3) is 0.222. The minimum absolute atomic E-state index is 0.545. The predicted octanol–water partition coefficient (Wildman–Crippen LogP) is 1.29. The van der Waals surface area contributed by atoms with Crippen LogP contribution in [0.5, 0.6) is 0 Å². The van der Waals surface area contributed by atoms with Gasteiger partial charge in [0, 0.05) is 13.6 Å². The Morgan fingerprint density at radius 3 is 3.00 bits per heavy atom. The van der Waals surface area contributed by atoms with E-state index in [9.17, 15) is 0 Å². The zero-order valence-electron chi connectivity index (χ0n) is 7.20. The summed E-state index contributed by atoms with van der Waals surface area (Å²) in [6, 6.07) is 5.57. The molecule has 0 fully saturated rings. The standard InChI is InChI=1S/C9H13N3/c1-3-7-12(2)9-6-4-5-8(10)11-9/h3-6H,1,7H2,2H3,(H2,10,11). The van der Waals surface area contributed by atoms with Gasteiger partial charge in [0.2, 0.25) is 0 Å². The van der Waals surface area contributed by atoms with E-state index in [-0.39, 0.29) is 0 Å². The van der Waals surface area contributed by atoms with Crippen LogP contribution in [0.3, 0.4) is 0 Å². The molecule has 0 bridgehead atoms. The van der Waals surface area contributed by atoms with E-state index in [2.05, 4.69) is 11.6 Å². The van der Waals surface area contributed by atoms with Crippen molar-refractivity contribution in [2.24, 2.45) is 0 Å². The summed E-state index contributed by atoms with van der Waals surface area (Å²) in [5.74, 6) is 1.42. The SMILES string of the molecule is C=CCN(C)c1cccc(N)n1. The zero-order valence-corrected chi connectivity index (χ0v) is 7.20. The fourth-order valence-electron chi connectivity index (χ4n) is 0.939. The number of hydrogen-bond acceptors (Lipinski definition) is 3. The highest BCUT2D eigenvalue weighted by atomic mass is 15.2. The number of anilines is 2. The third kappa shape index (κ3) is 1.99. The van der Waals surface area contributed by atoms with Crippen molar-refractivity contribution >= 4 is 11.6 Å². The quantitative estimate of drug-likeness (QED) is 0.683. The first kappa shape index (κ1) is 8.59. The molecule has 3 heteroatoms. The van der Waals surface area contributed by atoms with Crippen molar-refractivity contribution in [3.8, 4) is 0 Å². The van der Waals surface area contributed by atoms with Gasteiger partial charge >= 0.3 is 0 Å². The maximum Gasteiger partial charge on any atom is 0.130 e. The van der Waals surface area contributed by atoms with Crippen LogP contribution in [0.15, 0.2) is 30.9 Å². The van der Waals surface area contributed by atoms with E-state index >= 15 is 0 Å². The Bertz CT molecular complexity index is 270. The molecule has 2 N–H and O–H groups in total. The second-order valence-corrected chi connectivity index (χ2v) is 2.59. The van der Waals surface area contributed by atoms with Gasteiger partial charge in [0.15, 0.2) is 0 Å². The third-order valence-electron chi connectivity index (χ3n) is 1.55. The Labute approximate surface area is 72.5 Å². The van der Waals surface area contributed by atoms with Crippen LogP contribution in [-0.4, -0.2) is 18.6 Å². The lowest BCUT2D eigenvalue weighted by Gasteiger charge is -2.15. The Balaban J connectivity index is 2.80. The molecule has 1 aromatic heterocycles. The van der Waals surface area contributed by atoms with E-state index in [0.29, 0.717) is 5.82 Å². The summed E-state index contributed by atoms with van der Waals surface area (Å²) in [5, 5.41) is 0. The molecule has 0 aliphatic heterocycles. The second kappa shape index (κ2) is 3.76. The molecule has 0 aromatic carbocycles. The van der Waals surface area contributed by atoms with Gasteiger partial charge in [-0.25, -0.2) is 4.98 Å². The molecule has 0 aliphatic carbocycles. The fourth-order valence-corrected chi connectivity index (χ4v) is 0.939. The van der Waals surface area contributed by atoms with Crippen molar-refractivity contribution in [3.63, 3.8) is 0 Å². The van der Waals surface area contributed by atoms with E-state index in [0.717, 1.165) is 12.4 Å². The van der Waals surface area contributed by atoms with E-state index in [4.69, 9.17) is 5.73 Å². The lowest BCUT2D eigenvalue weighted by molar-refractivity contribution is 0.994. The molecular formula is C9H13N3. The molecular weight excluding hydrogens is 150 g/mol. The lowest BCUT2D eigenvalue weighted by Crippen LogP contribution is -2.18. The third-order valence-corrected chi connectivity index (χ3v) is 1.55. The van der Waals surface area contributed by atoms with Crippen LogP contribution in [0.4, 0.5) is 11.6 Å². The minimum atomic E-state index is 0.545. The molecule has 1 rings (SSSR count). The second-order valence-electron chi connectivity index (χ2n) is 2.59. The summed E-state index contributed by atoms with van der Waals surface area (Å²) in [7, 11) is 1.95. The molecule has 0 saturated heterocycles. The van der Waals surface area contributed by atoms with Gasteiger partial charge in [-0.3, -0.25) is 0 Å². The van der Waals surface area contributed by atoms with Gasteiger partial charge in [-0.2, -0.15) is 0 Å². The van der Waals surface area contributed by atoms with Crippen LogP contribution in [0.1, 0.15) is 0 Å². The highest BCUT2D eigenvalue weighted by Gasteiger charge is 1.98. The minimum Gasteiger partial charge on any atom is -0.384 e. The van der Waals surface area contributed by atoms with Crippen LogP contribution in [0.25, 0.3) is 0 Å². The molecule has 0 aliphatic rings. The molecule has 64 valence electrons. The molecule has 0 radical (unpaired) electrons. The van der Waals surface area contributed by atoms with Crippen molar-refractivity contribution in [2.75, 3.05) is 24.2 Å². The monoisotopic (exact) mass is 163 g/mol. The molecule has 1 aromatic rings. The molecule has 0 amide bonds. The van der Waals surface area contributed by atoms with Gasteiger partial charge in [0.1, 0.15) is 11.6 Å². The van der Waals surface area contributed by atoms with Crippen LogP contribution in [0.2, 0.25) is 0 Å². The molecule has 1 heterocycles. The average Bonchev–Trinajstić information content (AvgIpc) is 2.05. The summed E-state index contributed by atoms with van der Waals surface area (Å²) in [6.07, 6.45) is 1.82.